The number of anilines is 1. The van der Waals surface area contributed by atoms with Crippen molar-refractivity contribution in [3.63, 3.8) is 0 Å². The highest BCUT2D eigenvalue weighted by molar-refractivity contribution is 5.87. The number of phenolic OH excluding ortho intramolecular Hbond substituents is 1. The van der Waals surface area contributed by atoms with Gasteiger partial charge in [0.25, 0.3) is 0 Å². The SMILES string of the molecule is N#Cc1c(N)nc2c(c1-c1ccc(CO)o1)Cc1cc(O)ccc1-2. The Labute approximate surface area is 137 Å². The first-order valence-electron chi connectivity index (χ1n) is 7.37. The number of nitrogen functional groups attached to an aromatic ring is 1. The minimum atomic E-state index is -0.223. The third-order valence-electron chi connectivity index (χ3n) is 4.21. The predicted octanol–water partition coefficient (Wildman–Crippen LogP) is 2.56. The van der Waals surface area contributed by atoms with E-state index >= 15 is 0 Å². The number of furan rings is 1. The second-order valence-corrected chi connectivity index (χ2v) is 5.63. The molecule has 6 nitrogen and oxygen atoms in total. The second-order valence-electron chi connectivity index (χ2n) is 5.63. The first-order valence-corrected chi connectivity index (χ1v) is 7.37. The summed E-state index contributed by atoms with van der Waals surface area (Å²) in [4.78, 5) is 4.39. The van der Waals surface area contributed by atoms with Gasteiger partial charge in [-0.3, -0.25) is 0 Å². The molecule has 1 aliphatic rings. The molecule has 118 valence electrons. The Hall–Kier alpha value is -3.30. The molecule has 0 bridgehead atoms. The lowest BCUT2D eigenvalue weighted by Gasteiger charge is -2.10. The van der Waals surface area contributed by atoms with Gasteiger partial charge in [0.1, 0.15) is 41.3 Å². The zero-order valence-corrected chi connectivity index (χ0v) is 12.6. The van der Waals surface area contributed by atoms with Crippen LogP contribution in [0.4, 0.5) is 5.82 Å². The lowest BCUT2D eigenvalue weighted by atomic mass is 9.98. The quantitative estimate of drug-likeness (QED) is 0.523. The van der Waals surface area contributed by atoms with E-state index in [4.69, 9.17) is 10.2 Å². The Kier molecular flexibility index (Phi) is 3.05. The van der Waals surface area contributed by atoms with Crippen LogP contribution in [0.25, 0.3) is 22.6 Å². The summed E-state index contributed by atoms with van der Waals surface area (Å²) in [7, 11) is 0. The monoisotopic (exact) mass is 319 g/mol. The summed E-state index contributed by atoms with van der Waals surface area (Å²) >= 11 is 0. The normalized spacial score (nSPS) is 11.8. The van der Waals surface area contributed by atoms with Gasteiger partial charge in [0.15, 0.2) is 0 Å². The van der Waals surface area contributed by atoms with Crippen LogP contribution in [0.5, 0.6) is 5.75 Å². The summed E-state index contributed by atoms with van der Waals surface area (Å²) in [5, 5.41) is 28.4. The van der Waals surface area contributed by atoms with Gasteiger partial charge in [0.2, 0.25) is 0 Å². The number of benzene rings is 1. The molecule has 0 spiro atoms. The highest BCUT2D eigenvalue weighted by Gasteiger charge is 2.28. The van der Waals surface area contributed by atoms with Crippen molar-refractivity contribution in [3.05, 3.63) is 52.8 Å². The molecule has 0 aliphatic heterocycles. The van der Waals surface area contributed by atoms with Crippen LogP contribution in [0.1, 0.15) is 22.5 Å². The van der Waals surface area contributed by atoms with Gasteiger partial charge in [-0.2, -0.15) is 5.26 Å². The fraction of sp³-hybridized carbons (Fsp3) is 0.111. The van der Waals surface area contributed by atoms with E-state index in [-0.39, 0.29) is 23.7 Å². The molecule has 24 heavy (non-hydrogen) atoms. The summed E-state index contributed by atoms with van der Waals surface area (Å²) in [5.74, 6) is 1.19. The van der Waals surface area contributed by atoms with Crippen molar-refractivity contribution < 1.29 is 14.6 Å². The van der Waals surface area contributed by atoms with Crippen LogP contribution in [0.2, 0.25) is 0 Å². The summed E-state index contributed by atoms with van der Waals surface area (Å²) < 4.78 is 5.63. The van der Waals surface area contributed by atoms with Crippen LogP contribution in [0, 0.1) is 11.3 Å². The van der Waals surface area contributed by atoms with Gasteiger partial charge in [-0.15, -0.1) is 0 Å². The van der Waals surface area contributed by atoms with Gasteiger partial charge in [0, 0.05) is 17.5 Å². The number of rotatable bonds is 2. The fourth-order valence-corrected chi connectivity index (χ4v) is 3.17. The van der Waals surface area contributed by atoms with Crippen molar-refractivity contribution in [1.29, 1.82) is 5.26 Å². The largest absolute Gasteiger partial charge is 0.508 e. The molecule has 4 N–H and O–H groups in total. The van der Waals surface area contributed by atoms with E-state index in [0.717, 1.165) is 16.7 Å². The summed E-state index contributed by atoms with van der Waals surface area (Å²) in [5.41, 5.74) is 10.2. The third-order valence-corrected chi connectivity index (χ3v) is 4.21. The molecule has 3 aromatic rings. The van der Waals surface area contributed by atoms with E-state index in [1.165, 1.54) is 0 Å². The van der Waals surface area contributed by atoms with Gasteiger partial charge < -0.3 is 20.4 Å². The molecule has 0 saturated carbocycles. The fourth-order valence-electron chi connectivity index (χ4n) is 3.17. The lowest BCUT2D eigenvalue weighted by molar-refractivity contribution is 0.248. The van der Waals surface area contributed by atoms with Crippen molar-refractivity contribution in [1.82, 2.24) is 4.98 Å². The van der Waals surface area contributed by atoms with E-state index in [0.29, 0.717) is 29.2 Å². The number of nitrogens with two attached hydrogens (primary N) is 1. The van der Waals surface area contributed by atoms with E-state index in [2.05, 4.69) is 11.1 Å². The molecule has 0 radical (unpaired) electrons. The molecule has 2 heterocycles. The standard InChI is InChI=1S/C18H13N3O3/c19-7-14-16(15-4-2-11(8-22)24-15)13-6-9-5-10(23)1-3-12(9)17(13)21-18(14)20/h1-5,22-23H,6,8H2,(H2,20,21). The van der Waals surface area contributed by atoms with E-state index in [1.54, 1.807) is 30.3 Å². The van der Waals surface area contributed by atoms with Crippen molar-refractivity contribution in [3.8, 4) is 34.4 Å². The third kappa shape index (κ3) is 1.96. The van der Waals surface area contributed by atoms with E-state index < -0.39 is 0 Å². The number of aliphatic hydroxyl groups is 1. The van der Waals surface area contributed by atoms with Crippen LogP contribution in [0.3, 0.4) is 0 Å². The Morgan fingerprint density at radius 2 is 2.12 bits per heavy atom. The maximum Gasteiger partial charge on any atom is 0.142 e. The number of hydrogen-bond donors (Lipinski definition) is 3. The Balaban J connectivity index is 2.01. The Morgan fingerprint density at radius 3 is 2.83 bits per heavy atom. The predicted molar refractivity (Wildman–Crippen MR) is 86.9 cm³/mol. The molecule has 0 amide bonds. The number of aromatic nitrogens is 1. The first kappa shape index (κ1) is 14.3. The highest BCUT2D eigenvalue weighted by atomic mass is 16.4. The minimum absolute atomic E-state index is 0.133. The number of hydrogen-bond acceptors (Lipinski definition) is 6. The van der Waals surface area contributed by atoms with Crippen LogP contribution in [-0.2, 0) is 13.0 Å². The topological polar surface area (TPSA) is 116 Å². The van der Waals surface area contributed by atoms with Gasteiger partial charge in [-0.05, 0) is 41.5 Å². The Bertz CT molecular complexity index is 1020. The average molecular weight is 319 g/mol. The zero-order chi connectivity index (χ0) is 16.8. The van der Waals surface area contributed by atoms with Gasteiger partial charge in [0.05, 0.1) is 5.69 Å². The van der Waals surface area contributed by atoms with Crippen LogP contribution in [-0.4, -0.2) is 15.2 Å². The number of fused-ring (bicyclic) bond motifs is 3. The molecule has 0 fully saturated rings. The van der Waals surface area contributed by atoms with Crippen molar-refractivity contribution in [2.75, 3.05) is 5.73 Å². The highest BCUT2D eigenvalue weighted by Crippen LogP contribution is 2.44. The van der Waals surface area contributed by atoms with Crippen LogP contribution >= 0.6 is 0 Å². The average Bonchev–Trinajstić information content (AvgIpc) is 3.17. The van der Waals surface area contributed by atoms with Crippen molar-refractivity contribution >= 4 is 5.82 Å². The number of pyridine rings is 1. The maximum absolute atomic E-state index is 9.71. The second kappa shape index (κ2) is 5.11. The molecule has 0 atom stereocenters. The number of phenols is 1. The number of nitrogens with zero attached hydrogens (tertiary/aromatic N) is 2. The van der Waals surface area contributed by atoms with Crippen molar-refractivity contribution in [2.45, 2.75) is 13.0 Å². The van der Waals surface area contributed by atoms with Gasteiger partial charge in [-0.25, -0.2) is 4.98 Å². The first-order chi connectivity index (χ1) is 11.6. The number of aromatic hydroxyl groups is 1. The van der Waals surface area contributed by atoms with E-state index in [9.17, 15) is 15.5 Å². The lowest BCUT2D eigenvalue weighted by Crippen LogP contribution is -2.02. The molecule has 6 heteroatoms. The van der Waals surface area contributed by atoms with Crippen LogP contribution in [0.15, 0.2) is 34.7 Å². The molecular weight excluding hydrogens is 306 g/mol. The Morgan fingerprint density at radius 1 is 1.29 bits per heavy atom. The van der Waals surface area contributed by atoms with Crippen LogP contribution < -0.4 is 5.73 Å². The van der Waals surface area contributed by atoms with Crippen molar-refractivity contribution in [2.24, 2.45) is 0 Å². The molecule has 2 aromatic heterocycles. The van der Waals surface area contributed by atoms with E-state index in [1.807, 2.05) is 0 Å². The summed E-state index contributed by atoms with van der Waals surface area (Å²) in [6.07, 6.45) is 0.519. The maximum atomic E-state index is 9.71. The molecule has 4 rings (SSSR count). The minimum Gasteiger partial charge on any atom is -0.508 e. The summed E-state index contributed by atoms with van der Waals surface area (Å²) in [6.45, 7) is -0.223. The molecule has 0 saturated heterocycles. The molecular formula is C18H13N3O3. The van der Waals surface area contributed by atoms with Gasteiger partial charge >= 0.3 is 0 Å². The number of nitriles is 1. The molecule has 1 aromatic carbocycles. The number of aliphatic hydroxyl groups excluding tert-OH is 1. The smallest absolute Gasteiger partial charge is 0.142 e. The molecule has 1 aliphatic carbocycles. The molecule has 0 unspecified atom stereocenters. The summed E-state index contributed by atoms with van der Waals surface area (Å²) in [6, 6.07) is 10.5. The zero-order valence-electron chi connectivity index (χ0n) is 12.6. The van der Waals surface area contributed by atoms with Gasteiger partial charge in [-0.1, -0.05) is 0 Å².